The maximum atomic E-state index is 5.66. The van der Waals surface area contributed by atoms with Crippen molar-refractivity contribution in [2.45, 2.75) is 78.5 Å². The summed E-state index contributed by atoms with van der Waals surface area (Å²) in [6, 6.07) is 69.9. The summed E-state index contributed by atoms with van der Waals surface area (Å²) in [5, 5.41) is 2.43. The van der Waals surface area contributed by atoms with Gasteiger partial charge in [0.05, 0.1) is 16.7 Å². The Morgan fingerprint density at radius 1 is 0.529 bits per heavy atom. The van der Waals surface area contributed by atoms with Gasteiger partial charge in [-0.3, -0.25) is 4.57 Å². The van der Waals surface area contributed by atoms with Gasteiger partial charge in [-0.05, 0) is 123 Å². The summed E-state index contributed by atoms with van der Waals surface area (Å²) >= 11 is 0. The Hall–Kier alpha value is -7.15. The Kier molecular flexibility index (Phi) is 10.9. The number of hydrogen-bond donors (Lipinski definition) is 0. The molecule has 0 spiro atoms. The number of anilines is 2. The van der Waals surface area contributed by atoms with Gasteiger partial charge >= 0.3 is 0 Å². The Balaban J connectivity index is 1.09. The summed E-state index contributed by atoms with van der Waals surface area (Å²) in [5.74, 6) is 2.84. The first kappa shape index (κ1) is 42.2. The van der Waals surface area contributed by atoms with Gasteiger partial charge < -0.3 is 9.80 Å². The van der Waals surface area contributed by atoms with Crippen molar-refractivity contribution < 1.29 is 0 Å². The largest absolute Gasteiger partial charge is 0.348 e. The SMILES string of the molecule is CCC1=CN(c2cccc(-c3cc(-n4c5ccccc5c5ccc(N6C=C7CC(C)CC6C7)cc54)nc(-c4cccc(S(c5ccccc5)(c5ccccc5)c5ccccc5)c4)n3)c2)CC(C)C1. The van der Waals surface area contributed by atoms with Crippen LogP contribution >= 0.6 is 10.0 Å². The zero-order chi connectivity index (χ0) is 45.8. The smallest absolute Gasteiger partial charge is 0.162 e. The van der Waals surface area contributed by atoms with E-state index in [1.165, 1.54) is 60.1 Å². The van der Waals surface area contributed by atoms with Gasteiger partial charge in [-0.25, -0.2) is 9.97 Å². The second kappa shape index (κ2) is 17.5. The standard InChI is InChI=1S/C62H57N5S/c1-4-45-33-44(3)40-65(41-45)49-20-16-18-47(36-49)58-39-61(67-59-29-15-14-28-56(59)57-31-30-50(38-60(57)67)66-42-46-32-43(2)34-51(66)35-46)64-62(63-58)48-19-17-27-55(37-48)68(52-21-8-5-9-22-52,53-23-10-6-11-24-53)54-25-12-7-13-26-54/h5-31,36-39,41-44,51H,4,32-35,40H2,1-3H3. The van der Waals surface area contributed by atoms with Crippen LogP contribution in [0.4, 0.5) is 11.4 Å². The molecule has 3 atom stereocenters. The van der Waals surface area contributed by atoms with Gasteiger partial charge in [0, 0.05) is 83.9 Å². The number of fused-ring (bicyclic) bond motifs is 5. The molecule has 5 nitrogen and oxygen atoms in total. The minimum atomic E-state index is -1.95. The molecule has 336 valence electrons. The number of nitrogens with zero attached hydrogens (tertiary/aromatic N) is 5. The minimum Gasteiger partial charge on any atom is -0.348 e. The molecule has 0 saturated heterocycles. The highest BCUT2D eigenvalue weighted by Crippen LogP contribution is 2.73. The molecule has 0 N–H and O–H groups in total. The maximum absolute atomic E-state index is 5.66. The lowest BCUT2D eigenvalue weighted by molar-refractivity contribution is 0.423. The van der Waals surface area contributed by atoms with Crippen LogP contribution < -0.4 is 9.80 Å². The number of benzene rings is 7. The zero-order valence-electron chi connectivity index (χ0n) is 39.2. The lowest BCUT2D eigenvalue weighted by Gasteiger charge is -2.42. The fourth-order valence-corrected chi connectivity index (χ4v) is 15.4. The van der Waals surface area contributed by atoms with Gasteiger partial charge in [0.25, 0.3) is 0 Å². The molecular formula is C62H57N5S. The lowest BCUT2D eigenvalue weighted by Crippen LogP contribution is -2.29. The Morgan fingerprint density at radius 2 is 1.19 bits per heavy atom. The predicted octanol–water partition coefficient (Wildman–Crippen LogP) is 16.3. The minimum absolute atomic E-state index is 0.504. The van der Waals surface area contributed by atoms with Gasteiger partial charge in [0.15, 0.2) is 5.82 Å². The zero-order valence-corrected chi connectivity index (χ0v) is 40.0. The number of rotatable bonds is 10. The summed E-state index contributed by atoms with van der Waals surface area (Å²) in [6.45, 7) is 8.03. The van der Waals surface area contributed by atoms with Gasteiger partial charge in [0.1, 0.15) is 5.82 Å². The van der Waals surface area contributed by atoms with E-state index in [1.807, 2.05) is 0 Å². The van der Waals surface area contributed by atoms with Crippen molar-refractivity contribution in [2.75, 3.05) is 16.3 Å². The van der Waals surface area contributed by atoms with Crippen LogP contribution in [-0.4, -0.2) is 27.1 Å². The second-order valence-corrected chi connectivity index (χ2v) is 22.4. The highest BCUT2D eigenvalue weighted by Gasteiger charge is 2.35. The molecule has 2 aliphatic heterocycles. The molecule has 12 rings (SSSR count). The average Bonchev–Trinajstić information content (AvgIpc) is 3.89. The molecule has 0 amide bonds. The number of allylic oxidation sites excluding steroid dienone is 1. The van der Waals surface area contributed by atoms with Crippen LogP contribution in [0.5, 0.6) is 0 Å². The summed E-state index contributed by atoms with van der Waals surface area (Å²) in [6.07, 6.45) is 10.6. The molecule has 6 heteroatoms. The van der Waals surface area contributed by atoms with Crippen molar-refractivity contribution in [3.05, 3.63) is 212 Å². The number of para-hydroxylation sites is 1. The lowest BCUT2D eigenvalue weighted by atomic mass is 9.86. The van der Waals surface area contributed by atoms with Crippen molar-refractivity contribution in [2.24, 2.45) is 11.8 Å². The van der Waals surface area contributed by atoms with Crippen molar-refractivity contribution in [1.82, 2.24) is 14.5 Å². The van der Waals surface area contributed by atoms with E-state index in [0.717, 1.165) is 59.5 Å². The van der Waals surface area contributed by atoms with Crippen molar-refractivity contribution in [1.29, 1.82) is 0 Å². The van der Waals surface area contributed by atoms with Crippen LogP contribution in [0.15, 0.2) is 231 Å². The van der Waals surface area contributed by atoms with E-state index < -0.39 is 10.0 Å². The summed E-state index contributed by atoms with van der Waals surface area (Å²) in [4.78, 5) is 21.3. The first-order valence-corrected chi connectivity index (χ1v) is 26.1. The fourth-order valence-electron chi connectivity index (χ4n) is 11.5. The molecule has 0 radical (unpaired) electrons. The first-order valence-electron chi connectivity index (χ1n) is 24.5. The molecule has 1 fully saturated rings. The van der Waals surface area contributed by atoms with Gasteiger partial charge in [0.2, 0.25) is 0 Å². The quantitative estimate of drug-likeness (QED) is 0.137. The van der Waals surface area contributed by atoms with Crippen LogP contribution in [-0.2, 0) is 0 Å². The highest BCUT2D eigenvalue weighted by molar-refractivity contribution is 8.34. The van der Waals surface area contributed by atoms with E-state index in [2.05, 4.69) is 236 Å². The predicted molar refractivity (Wildman–Crippen MR) is 284 cm³/mol. The molecule has 1 saturated carbocycles. The molecule has 68 heavy (non-hydrogen) atoms. The molecule has 9 aromatic rings. The Labute approximate surface area is 402 Å². The third-order valence-electron chi connectivity index (χ3n) is 14.5. The summed E-state index contributed by atoms with van der Waals surface area (Å²) in [7, 11) is -1.95. The summed E-state index contributed by atoms with van der Waals surface area (Å²) < 4.78 is 2.39. The first-order chi connectivity index (χ1) is 33.4. The topological polar surface area (TPSA) is 37.2 Å². The van der Waals surface area contributed by atoms with Crippen LogP contribution in [0, 0.1) is 11.8 Å². The average molecular weight is 904 g/mol. The monoisotopic (exact) mass is 903 g/mol. The van der Waals surface area contributed by atoms with Gasteiger partial charge in [-0.2, -0.15) is 0 Å². The molecule has 2 bridgehead atoms. The van der Waals surface area contributed by atoms with Crippen LogP contribution in [0.3, 0.4) is 0 Å². The van der Waals surface area contributed by atoms with E-state index >= 15 is 0 Å². The van der Waals surface area contributed by atoms with Crippen LogP contribution in [0.2, 0.25) is 0 Å². The van der Waals surface area contributed by atoms with Crippen LogP contribution in [0.1, 0.15) is 52.9 Å². The molecule has 2 aromatic heterocycles. The van der Waals surface area contributed by atoms with E-state index in [1.54, 1.807) is 5.57 Å². The Morgan fingerprint density at radius 3 is 1.93 bits per heavy atom. The fraction of sp³-hybridized carbons (Fsp3) is 0.194. The number of aromatic nitrogens is 3. The highest BCUT2D eigenvalue weighted by atomic mass is 32.3. The second-order valence-electron chi connectivity index (χ2n) is 19.3. The van der Waals surface area contributed by atoms with Crippen LogP contribution in [0.25, 0.3) is 50.3 Å². The molecular weight excluding hydrogens is 847 g/mol. The summed E-state index contributed by atoms with van der Waals surface area (Å²) in [5.41, 5.74) is 10.7. The number of hydrogen-bond acceptors (Lipinski definition) is 4. The van der Waals surface area contributed by atoms with E-state index in [4.69, 9.17) is 9.97 Å². The van der Waals surface area contributed by atoms with Crippen molar-refractivity contribution >= 4 is 43.2 Å². The molecule has 1 aliphatic carbocycles. The van der Waals surface area contributed by atoms with E-state index in [0.29, 0.717) is 23.7 Å². The van der Waals surface area contributed by atoms with E-state index in [9.17, 15) is 0 Å². The molecule has 3 aliphatic rings. The molecule has 3 unspecified atom stereocenters. The normalized spacial score (nSPS) is 18.5. The van der Waals surface area contributed by atoms with Gasteiger partial charge in [-0.1, -0.05) is 135 Å². The van der Waals surface area contributed by atoms with Gasteiger partial charge in [-0.15, -0.1) is 10.0 Å². The molecule has 7 aromatic carbocycles. The maximum Gasteiger partial charge on any atom is 0.162 e. The Bertz CT molecular complexity index is 3280. The van der Waals surface area contributed by atoms with E-state index in [-0.39, 0.29) is 0 Å². The molecule has 4 heterocycles. The third kappa shape index (κ3) is 7.43. The van der Waals surface area contributed by atoms with Crippen molar-refractivity contribution in [3.8, 4) is 28.5 Å². The third-order valence-corrected chi connectivity index (χ3v) is 18.4. The van der Waals surface area contributed by atoms with Crippen molar-refractivity contribution in [3.63, 3.8) is 0 Å².